The molecular weight excluding hydrogens is 277 g/mol. The van der Waals surface area contributed by atoms with Gasteiger partial charge in [0.15, 0.2) is 0 Å². The van der Waals surface area contributed by atoms with Crippen molar-refractivity contribution < 1.29 is 8.81 Å². The van der Waals surface area contributed by atoms with Gasteiger partial charge in [-0.05, 0) is 28.1 Å². The lowest BCUT2D eigenvalue weighted by atomic mass is 10.2. The average molecular weight is 282 g/mol. The molecule has 1 heterocycles. The van der Waals surface area contributed by atoms with Crippen LogP contribution in [0.1, 0.15) is 5.69 Å². The molecule has 0 unspecified atom stereocenters. The molecule has 0 saturated heterocycles. The Bertz CT molecular complexity index is 568. The summed E-state index contributed by atoms with van der Waals surface area (Å²) in [6.07, 6.45) is 0. The Morgan fingerprint density at radius 1 is 1.50 bits per heavy atom. The number of halogens is 2. The van der Waals surface area contributed by atoms with Crippen molar-refractivity contribution in [1.29, 1.82) is 5.26 Å². The summed E-state index contributed by atoms with van der Waals surface area (Å²) in [6.45, 7) is 0. The van der Waals surface area contributed by atoms with Crippen LogP contribution in [0.4, 0.5) is 10.3 Å². The number of nitrogen functional groups attached to an aromatic ring is 1. The molecule has 16 heavy (non-hydrogen) atoms. The molecule has 0 aliphatic heterocycles. The van der Waals surface area contributed by atoms with Crippen LogP contribution in [-0.2, 0) is 0 Å². The smallest absolute Gasteiger partial charge is 0.234 e. The van der Waals surface area contributed by atoms with Gasteiger partial charge >= 0.3 is 0 Å². The summed E-state index contributed by atoms with van der Waals surface area (Å²) in [5.41, 5.74) is 5.50. The Kier molecular flexibility index (Phi) is 2.62. The van der Waals surface area contributed by atoms with Crippen molar-refractivity contribution in [1.82, 2.24) is 4.98 Å². The van der Waals surface area contributed by atoms with Crippen LogP contribution in [0.3, 0.4) is 0 Å². The fourth-order valence-corrected chi connectivity index (χ4v) is 1.73. The van der Waals surface area contributed by atoms with Crippen LogP contribution in [0.25, 0.3) is 11.5 Å². The summed E-state index contributed by atoms with van der Waals surface area (Å²) in [7, 11) is 0. The van der Waals surface area contributed by atoms with E-state index in [9.17, 15) is 4.39 Å². The van der Waals surface area contributed by atoms with Crippen LogP contribution in [-0.4, -0.2) is 4.98 Å². The molecule has 80 valence electrons. The summed E-state index contributed by atoms with van der Waals surface area (Å²) >= 11 is 3.18. The number of nitrogens with two attached hydrogens (primary N) is 1. The zero-order chi connectivity index (χ0) is 11.7. The average Bonchev–Trinajstić information content (AvgIpc) is 2.59. The van der Waals surface area contributed by atoms with Gasteiger partial charge in [-0.1, -0.05) is 6.07 Å². The monoisotopic (exact) mass is 281 g/mol. The SMILES string of the molecule is N#Cc1nc(-c2c(F)cccc2Br)oc1N. The molecule has 2 N–H and O–H groups in total. The van der Waals surface area contributed by atoms with E-state index in [0.717, 1.165) is 0 Å². The summed E-state index contributed by atoms with van der Waals surface area (Å²) in [5.74, 6) is -0.633. The first kappa shape index (κ1) is 10.6. The van der Waals surface area contributed by atoms with Gasteiger partial charge in [0.2, 0.25) is 17.5 Å². The lowest BCUT2D eigenvalue weighted by Gasteiger charge is -2.00. The minimum absolute atomic E-state index is 0.0148. The van der Waals surface area contributed by atoms with Crippen molar-refractivity contribution in [3.63, 3.8) is 0 Å². The number of benzene rings is 1. The summed E-state index contributed by atoms with van der Waals surface area (Å²) < 4.78 is 19.0. The molecule has 2 rings (SSSR count). The highest BCUT2D eigenvalue weighted by molar-refractivity contribution is 9.10. The molecule has 1 aromatic heterocycles. The first-order chi connectivity index (χ1) is 7.63. The second kappa shape index (κ2) is 3.94. The quantitative estimate of drug-likeness (QED) is 0.872. The highest BCUT2D eigenvalue weighted by Gasteiger charge is 2.17. The molecule has 0 atom stereocenters. The first-order valence-corrected chi connectivity index (χ1v) is 5.03. The second-order valence-electron chi connectivity index (χ2n) is 2.94. The maximum Gasteiger partial charge on any atom is 0.234 e. The summed E-state index contributed by atoms with van der Waals surface area (Å²) in [6, 6.07) is 6.21. The van der Waals surface area contributed by atoms with E-state index in [0.29, 0.717) is 4.47 Å². The Balaban J connectivity index is 2.64. The fraction of sp³-hybridized carbons (Fsp3) is 0. The molecule has 0 spiro atoms. The first-order valence-electron chi connectivity index (χ1n) is 4.24. The molecular formula is C10H5BrFN3O. The van der Waals surface area contributed by atoms with Crippen LogP contribution in [0, 0.1) is 17.1 Å². The minimum atomic E-state index is -0.500. The molecule has 1 aromatic carbocycles. The van der Waals surface area contributed by atoms with Gasteiger partial charge in [0, 0.05) is 4.47 Å². The van der Waals surface area contributed by atoms with E-state index in [2.05, 4.69) is 20.9 Å². The standard InChI is InChI=1S/C10H5BrFN3O/c11-5-2-1-3-6(12)8(5)10-15-7(4-13)9(14)16-10/h1-3H,14H2. The van der Waals surface area contributed by atoms with E-state index in [1.807, 2.05) is 0 Å². The number of nitrogens with zero attached hydrogens (tertiary/aromatic N) is 2. The van der Waals surface area contributed by atoms with E-state index in [4.69, 9.17) is 15.4 Å². The minimum Gasteiger partial charge on any atom is -0.419 e. The van der Waals surface area contributed by atoms with E-state index < -0.39 is 5.82 Å². The second-order valence-corrected chi connectivity index (χ2v) is 3.79. The summed E-state index contributed by atoms with van der Waals surface area (Å²) in [5, 5.41) is 8.66. The van der Waals surface area contributed by atoms with Gasteiger partial charge in [0.25, 0.3) is 0 Å². The van der Waals surface area contributed by atoms with Crippen LogP contribution in [0.5, 0.6) is 0 Å². The molecule has 6 heteroatoms. The molecule has 0 saturated carbocycles. The Morgan fingerprint density at radius 3 is 2.81 bits per heavy atom. The zero-order valence-corrected chi connectivity index (χ0v) is 9.45. The van der Waals surface area contributed by atoms with Gasteiger partial charge < -0.3 is 10.2 Å². The van der Waals surface area contributed by atoms with Gasteiger partial charge in [-0.2, -0.15) is 10.2 Å². The van der Waals surface area contributed by atoms with Crippen molar-refractivity contribution in [3.8, 4) is 17.5 Å². The molecule has 0 aliphatic carbocycles. The van der Waals surface area contributed by atoms with Crippen LogP contribution >= 0.6 is 15.9 Å². The molecule has 0 aliphatic rings. The van der Waals surface area contributed by atoms with Crippen molar-refractivity contribution in [2.45, 2.75) is 0 Å². The van der Waals surface area contributed by atoms with E-state index in [-0.39, 0.29) is 23.0 Å². The van der Waals surface area contributed by atoms with Crippen LogP contribution in [0.2, 0.25) is 0 Å². The third-order valence-electron chi connectivity index (χ3n) is 1.94. The normalized spacial score (nSPS) is 10.1. The van der Waals surface area contributed by atoms with Crippen LogP contribution in [0.15, 0.2) is 27.1 Å². The largest absolute Gasteiger partial charge is 0.419 e. The van der Waals surface area contributed by atoms with Gasteiger partial charge in [-0.15, -0.1) is 0 Å². The highest BCUT2D eigenvalue weighted by atomic mass is 79.9. The van der Waals surface area contributed by atoms with Crippen molar-refractivity contribution >= 4 is 21.8 Å². The molecule has 4 nitrogen and oxygen atoms in total. The number of rotatable bonds is 1. The van der Waals surface area contributed by atoms with Crippen molar-refractivity contribution in [2.24, 2.45) is 0 Å². The fourth-order valence-electron chi connectivity index (χ4n) is 1.22. The molecule has 0 radical (unpaired) electrons. The maximum absolute atomic E-state index is 13.5. The van der Waals surface area contributed by atoms with Gasteiger partial charge in [0.05, 0.1) is 5.56 Å². The molecule has 0 fully saturated rings. The summed E-state index contributed by atoms with van der Waals surface area (Å²) in [4.78, 5) is 3.80. The topological polar surface area (TPSA) is 75.8 Å². The van der Waals surface area contributed by atoms with Gasteiger partial charge in [-0.3, -0.25) is 0 Å². The van der Waals surface area contributed by atoms with E-state index >= 15 is 0 Å². The van der Waals surface area contributed by atoms with Crippen molar-refractivity contribution in [2.75, 3.05) is 5.73 Å². The van der Waals surface area contributed by atoms with Crippen LogP contribution < -0.4 is 5.73 Å². The Hall–Kier alpha value is -1.87. The highest BCUT2D eigenvalue weighted by Crippen LogP contribution is 2.31. The number of aromatic nitrogens is 1. The molecule has 0 amide bonds. The Labute approximate surface area is 98.6 Å². The molecule has 0 bridgehead atoms. The van der Waals surface area contributed by atoms with Crippen molar-refractivity contribution in [3.05, 3.63) is 34.2 Å². The number of anilines is 1. The van der Waals surface area contributed by atoms with Gasteiger partial charge in [-0.25, -0.2) is 4.39 Å². The Morgan fingerprint density at radius 2 is 2.25 bits per heavy atom. The number of hydrogen-bond acceptors (Lipinski definition) is 4. The zero-order valence-electron chi connectivity index (χ0n) is 7.87. The van der Waals surface area contributed by atoms with E-state index in [1.54, 1.807) is 18.2 Å². The number of hydrogen-bond donors (Lipinski definition) is 1. The maximum atomic E-state index is 13.5. The third kappa shape index (κ3) is 1.66. The lowest BCUT2D eigenvalue weighted by Crippen LogP contribution is -1.86. The lowest BCUT2D eigenvalue weighted by molar-refractivity contribution is 0.576. The predicted octanol–water partition coefficient (Wildman–Crippen LogP) is 2.70. The number of oxazole rings is 1. The predicted molar refractivity (Wildman–Crippen MR) is 58.7 cm³/mol. The third-order valence-corrected chi connectivity index (χ3v) is 2.60. The van der Waals surface area contributed by atoms with Gasteiger partial charge in [0.1, 0.15) is 11.9 Å². The van der Waals surface area contributed by atoms with E-state index in [1.165, 1.54) is 6.07 Å². The molecule has 2 aromatic rings. The number of nitriles is 1.